The number of amides is 1. The first-order valence-corrected chi connectivity index (χ1v) is 11.4. The highest BCUT2D eigenvalue weighted by molar-refractivity contribution is 8.26. The molecule has 0 radical (unpaired) electrons. The van der Waals surface area contributed by atoms with Gasteiger partial charge in [0.1, 0.15) is 18.3 Å². The van der Waals surface area contributed by atoms with Gasteiger partial charge < -0.3 is 18.9 Å². The minimum Gasteiger partial charge on any atom is -0.493 e. The van der Waals surface area contributed by atoms with Gasteiger partial charge in [0.25, 0.3) is 5.91 Å². The van der Waals surface area contributed by atoms with Gasteiger partial charge in [-0.05, 0) is 54.1 Å². The highest BCUT2D eigenvalue weighted by Crippen LogP contribution is 2.32. The van der Waals surface area contributed by atoms with Crippen molar-refractivity contribution in [3.05, 3.63) is 53.6 Å². The summed E-state index contributed by atoms with van der Waals surface area (Å²) < 4.78 is 22.3. The van der Waals surface area contributed by atoms with Crippen molar-refractivity contribution >= 4 is 39.8 Å². The van der Waals surface area contributed by atoms with E-state index in [9.17, 15) is 4.79 Å². The average Bonchev–Trinajstić information content (AvgIpc) is 3.28. The zero-order valence-corrected chi connectivity index (χ0v) is 19.8. The zero-order chi connectivity index (χ0) is 24.1. The van der Waals surface area contributed by atoms with Crippen molar-refractivity contribution in [3.8, 4) is 23.0 Å². The second-order valence-electron chi connectivity index (χ2n) is 7.13. The summed E-state index contributed by atoms with van der Waals surface area (Å²) in [4.78, 5) is 16.6. The Labute approximate surface area is 201 Å². The molecule has 0 atom stereocenters. The SMILES string of the molecule is CCC1=NN2C(=N)/C(=C\c3ccc(OCCOc4ccccc4OC)c(OC)c3)C(=O)N=C2S1. The third kappa shape index (κ3) is 4.91. The molecule has 0 aliphatic carbocycles. The van der Waals surface area contributed by atoms with E-state index < -0.39 is 5.91 Å². The molecular weight excluding hydrogens is 456 g/mol. The lowest BCUT2D eigenvalue weighted by Crippen LogP contribution is -2.35. The number of ether oxygens (including phenoxy) is 4. The predicted octanol–water partition coefficient (Wildman–Crippen LogP) is 4.19. The van der Waals surface area contributed by atoms with Gasteiger partial charge in [0.15, 0.2) is 28.8 Å². The predicted molar refractivity (Wildman–Crippen MR) is 132 cm³/mol. The van der Waals surface area contributed by atoms with Crippen LogP contribution in [0.25, 0.3) is 6.08 Å². The number of methoxy groups -OCH3 is 2. The minimum absolute atomic E-state index is 0.00117. The van der Waals surface area contributed by atoms with Crippen LogP contribution in [0, 0.1) is 5.41 Å². The Morgan fingerprint density at radius 1 is 1.00 bits per heavy atom. The average molecular weight is 481 g/mol. The standard InChI is InChI=1S/C24H24N4O5S/c1-4-21-27-28-22(25)16(23(29)26-24(28)34-21)13-15-9-10-19(20(14-15)31-3)33-12-11-32-18-8-6-5-7-17(18)30-2/h5-10,13-14,25H,4,11-12H2,1-3H3/b16-13+,25-22?. The largest absolute Gasteiger partial charge is 0.493 e. The number of benzene rings is 2. The number of carbonyl (C=O) groups excluding carboxylic acids is 1. The van der Waals surface area contributed by atoms with E-state index in [0.29, 0.717) is 53.4 Å². The van der Waals surface area contributed by atoms with Crippen LogP contribution in [0.1, 0.15) is 18.9 Å². The summed E-state index contributed by atoms with van der Waals surface area (Å²) in [5.41, 5.74) is 0.833. The molecule has 0 saturated carbocycles. The van der Waals surface area contributed by atoms with Crippen LogP contribution in [-0.4, -0.2) is 54.4 Å². The Balaban J connectivity index is 1.44. The first kappa shape index (κ1) is 23.4. The van der Waals surface area contributed by atoms with E-state index in [-0.39, 0.29) is 11.4 Å². The third-order valence-electron chi connectivity index (χ3n) is 4.97. The van der Waals surface area contributed by atoms with Gasteiger partial charge in [-0.15, -0.1) is 0 Å². The molecule has 0 saturated heterocycles. The van der Waals surface area contributed by atoms with Crippen molar-refractivity contribution in [2.45, 2.75) is 13.3 Å². The van der Waals surface area contributed by atoms with E-state index in [4.69, 9.17) is 24.4 Å². The lowest BCUT2D eigenvalue weighted by atomic mass is 10.1. The van der Waals surface area contributed by atoms with Crippen molar-refractivity contribution in [2.24, 2.45) is 10.1 Å². The van der Waals surface area contributed by atoms with Crippen LogP contribution in [0.3, 0.4) is 0 Å². The summed E-state index contributed by atoms with van der Waals surface area (Å²) in [5, 5.41) is 15.4. The van der Waals surface area contributed by atoms with Crippen molar-refractivity contribution in [1.82, 2.24) is 5.01 Å². The van der Waals surface area contributed by atoms with Crippen LogP contribution in [0.15, 0.2) is 58.1 Å². The van der Waals surface area contributed by atoms with Gasteiger partial charge in [0.2, 0.25) is 5.17 Å². The third-order valence-corrected chi connectivity index (χ3v) is 6.02. The summed E-state index contributed by atoms with van der Waals surface area (Å²) >= 11 is 1.31. The van der Waals surface area contributed by atoms with Crippen LogP contribution >= 0.6 is 11.8 Å². The number of fused-ring (bicyclic) bond motifs is 1. The highest BCUT2D eigenvalue weighted by Gasteiger charge is 2.35. The topological polar surface area (TPSA) is 106 Å². The van der Waals surface area contributed by atoms with Crippen LogP contribution in [0.4, 0.5) is 0 Å². The van der Waals surface area contributed by atoms with Crippen LogP contribution < -0.4 is 18.9 Å². The quantitative estimate of drug-likeness (QED) is 0.424. The lowest BCUT2D eigenvalue weighted by Gasteiger charge is -2.20. The van der Waals surface area contributed by atoms with E-state index in [1.807, 2.05) is 31.2 Å². The maximum atomic E-state index is 12.5. The molecule has 2 aromatic carbocycles. The fourth-order valence-electron chi connectivity index (χ4n) is 3.28. The van der Waals surface area contributed by atoms with Gasteiger partial charge in [-0.3, -0.25) is 10.2 Å². The fourth-order valence-corrected chi connectivity index (χ4v) is 4.10. The molecule has 176 valence electrons. The lowest BCUT2D eigenvalue weighted by molar-refractivity contribution is -0.114. The Morgan fingerprint density at radius 2 is 1.68 bits per heavy atom. The van der Waals surface area contributed by atoms with Crippen LogP contribution in [0.5, 0.6) is 23.0 Å². The van der Waals surface area contributed by atoms with Crippen molar-refractivity contribution in [1.29, 1.82) is 5.41 Å². The number of hydrazone groups is 1. The normalized spacial score (nSPS) is 16.2. The second kappa shape index (κ2) is 10.4. The van der Waals surface area contributed by atoms with Gasteiger partial charge in [-0.25, -0.2) is 0 Å². The maximum absolute atomic E-state index is 12.5. The molecule has 2 aromatic rings. The zero-order valence-electron chi connectivity index (χ0n) is 19.0. The Bertz CT molecular complexity index is 1210. The number of hydrogen-bond acceptors (Lipinski definition) is 8. The van der Waals surface area contributed by atoms with E-state index in [1.165, 1.54) is 23.9 Å². The van der Waals surface area contributed by atoms with Gasteiger partial charge >= 0.3 is 0 Å². The monoisotopic (exact) mass is 480 g/mol. The van der Waals surface area contributed by atoms with Gasteiger partial charge in [-0.1, -0.05) is 25.1 Å². The molecule has 0 unspecified atom stereocenters. The summed E-state index contributed by atoms with van der Waals surface area (Å²) in [6, 6.07) is 12.7. The molecule has 2 heterocycles. The number of amidine groups is 2. The Hall–Kier alpha value is -3.79. The number of nitrogens with one attached hydrogen (secondary N) is 1. The van der Waals surface area contributed by atoms with Crippen LogP contribution in [0.2, 0.25) is 0 Å². The van der Waals surface area contributed by atoms with E-state index in [2.05, 4.69) is 10.1 Å². The number of para-hydroxylation sites is 2. The first-order valence-electron chi connectivity index (χ1n) is 10.6. The minimum atomic E-state index is -0.468. The smallest absolute Gasteiger partial charge is 0.283 e. The number of rotatable bonds is 9. The molecule has 0 spiro atoms. The van der Waals surface area contributed by atoms with Gasteiger partial charge in [0, 0.05) is 0 Å². The molecule has 1 amide bonds. The molecule has 2 aliphatic heterocycles. The maximum Gasteiger partial charge on any atom is 0.283 e. The molecule has 0 fully saturated rings. The summed E-state index contributed by atoms with van der Waals surface area (Å²) in [7, 11) is 3.13. The number of thioether (sulfide) groups is 1. The number of carbonyl (C=O) groups is 1. The molecule has 10 heteroatoms. The van der Waals surface area contributed by atoms with Crippen molar-refractivity contribution in [3.63, 3.8) is 0 Å². The van der Waals surface area contributed by atoms with Gasteiger partial charge in [-0.2, -0.15) is 15.1 Å². The van der Waals surface area contributed by atoms with Crippen LogP contribution in [-0.2, 0) is 4.79 Å². The van der Waals surface area contributed by atoms with E-state index in [1.54, 1.807) is 31.4 Å². The molecule has 9 nitrogen and oxygen atoms in total. The molecular formula is C24H24N4O5S. The highest BCUT2D eigenvalue weighted by atomic mass is 32.2. The fraction of sp³-hybridized carbons (Fsp3) is 0.250. The molecule has 2 aliphatic rings. The number of hydrogen-bond donors (Lipinski definition) is 1. The summed E-state index contributed by atoms with van der Waals surface area (Å²) in [6.45, 7) is 2.57. The molecule has 4 rings (SSSR count). The van der Waals surface area contributed by atoms with E-state index >= 15 is 0 Å². The number of nitrogens with zero attached hydrogens (tertiary/aromatic N) is 3. The molecule has 34 heavy (non-hydrogen) atoms. The van der Waals surface area contributed by atoms with E-state index in [0.717, 1.165) is 5.04 Å². The number of aliphatic imine (C=N–C) groups is 1. The first-order chi connectivity index (χ1) is 16.5. The Morgan fingerprint density at radius 3 is 2.35 bits per heavy atom. The molecule has 1 N–H and O–H groups in total. The summed E-state index contributed by atoms with van der Waals surface area (Å²) in [5.74, 6) is 1.85. The Kier molecular flexibility index (Phi) is 7.17. The van der Waals surface area contributed by atoms with Gasteiger partial charge in [0.05, 0.1) is 19.8 Å². The second-order valence-corrected chi connectivity index (χ2v) is 8.17. The van der Waals surface area contributed by atoms with Crippen molar-refractivity contribution in [2.75, 3.05) is 27.4 Å². The molecule has 0 bridgehead atoms. The van der Waals surface area contributed by atoms with Crippen molar-refractivity contribution < 1.29 is 23.7 Å². The molecule has 0 aromatic heterocycles. The summed E-state index contributed by atoms with van der Waals surface area (Å²) in [6.07, 6.45) is 2.31.